The van der Waals surface area contributed by atoms with Gasteiger partial charge in [0.1, 0.15) is 11.8 Å². The molecule has 3 rings (SSSR count). The van der Waals surface area contributed by atoms with E-state index in [0.717, 1.165) is 19.3 Å². The maximum absolute atomic E-state index is 13.6. The van der Waals surface area contributed by atoms with Gasteiger partial charge in [-0.3, -0.25) is 4.99 Å². The van der Waals surface area contributed by atoms with Gasteiger partial charge >= 0.3 is 12.2 Å². The molecular weight excluding hydrogens is 507 g/mol. The molecule has 0 aliphatic carbocycles. The highest BCUT2D eigenvalue weighted by Crippen LogP contribution is 2.39. The van der Waals surface area contributed by atoms with Gasteiger partial charge in [-0.05, 0) is 19.3 Å². The topological polar surface area (TPSA) is 127 Å². The van der Waals surface area contributed by atoms with Crippen molar-refractivity contribution in [3.63, 3.8) is 0 Å². The normalized spacial score (nSPS) is 24.1. The zero-order chi connectivity index (χ0) is 28.1. The number of unbranched alkanes of at least 4 members (excludes halogenated alkanes) is 7. The number of hydrogen-bond acceptors (Lipinski definition) is 10. The van der Waals surface area contributed by atoms with Gasteiger partial charge in [0.25, 0.3) is 0 Å². The van der Waals surface area contributed by atoms with Crippen LogP contribution in [0.2, 0.25) is 0 Å². The predicted octanol–water partition coefficient (Wildman–Crippen LogP) is 4.91. The second kappa shape index (κ2) is 15.7. The molecule has 39 heavy (non-hydrogen) atoms. The molecule has 0 aromatic carbocycles. The fourth-order valence-corrected chi connectivity index (χ4v) is 4.99. The van der Waals surface area contributed by atoms with Gasteiger partial charge in [0.05, 0.1) is 25.0 Å². The lowest BCUT2D eigenvalue weighted by Gasteiger charge is -2.28. The number of anilines is 1. The SMILES string of the molecule is C#C[C@]1(COCOC(=O)OCCCCCCCCCC)O[C@@H](C2C=Nc3c(N)nc(F)nc3CC2)C[C@@H]1OC. The number of rotatable bonds is 15. The van der Waals surface area contributed by atoms with Gasteiger partial charge in [0, 0.05) is 25.7 Å². The molecule has 10 nitrogen and oxygen atoms in total. The van der Waals surface area contributed by atoms with E-state index in [-0.39, 0.29) is 31.2 Å². The number of aryl methyl sites for hydroxylation is 1. The van der Waals surface area contributed by atoms with Gasteiger partial charge in [0.2, 0.25) is 0 Å². The number of aliphatic imine (C=N–C) groups is 1. The van der Waals surface area contributed by atoms with E-state index < -0.39 is 23.9 Å². The van der Waals surface area contributed by atoms with Crippen LogP contribution in [-0.2, 0) is 30.1 Å². The molecule has 0 saturated carbocycles. The van der Waals surface area contributed by atoms with Crippen LogP contribution in [0, 0.1) is 24.3 Å². The van der Waals surface area contributed by atoms with Crippen LogP contribution in [0.5, 0.6) is 0 Å². The van der Waals surface area contributed by atoms with E-state index in [0.29, 0.717) is 37.3 Å². The monoisotopic (exact) mass is 548 g/mol. The molecule has 1 aromatic heterocycles. The van der Waals surface area contributed by atoms with E-state index in [9.17, 15) is 9.18 Å². The fourth-order valence-electron chi connectivity index (χ4n) is 4.99. The number of carbonyl (C=O) groups excluding carboxylic acids is 1. The molecule has 216 valence electrons. The van der Waals surface area contributed by atoms with Crippen molar-refractivity contribution in [3.8, 4) is 12.3 Å². The molecule has 0 amide bonds. The molecule has 1 saturated heterocycles. The largest absolute Gasteiger partial charge is 0.510 e. The molecule has 3 heterocycles. The molecule has 11 heteroatoms. The lowest BCUT2D eigenvalue weighted by molar-refractivity contribution is -0.130. The number of ether oxygens (including phenoxy) is 5. The van der Waals surface area contributed by atoms with Crippen molar-refractivity contribution < 1.29 is 32.9 Å². The minimum atomic E-state index is -1.18. The summed E-state index contributed by atoms with van der Waals surface area (Å²) in [6.45, 7) is 2.15. The Hall–Kier alpha value is -2.81. The highest BCUT2D eigenvalue weighted by atomic mass is 19.1. The minimum absolute atomic E-state index is 0.000730. The summed E-state index contributed by atoms with van der Waals surface area (Å²) in [6, 6.07) is 0. The van der Waals surface area contributed by atoms with Gasteiger partial charge in [-0.15, -0.1) is 6.42 Å². The Morgan fingerprint density at radius 2 is 1.95 bits per heavy atom. The van der Waals surface area contributed by atoms with Crippen LogP contribution in [0.25, 0.3) is 0 Å². The van der Waals surface area contributed by atoms with Crippen molar-refractivity contribution in [1.29, 1.82) is 0 Å². The van der Waals surface area contributed by atoms with Crippen LogP contribution in [-0.4, -0.2) is 67.3 Å². The average Bonchev–Trinajstić information content (AvgIpc) is 3.15. The first-order chi connectivity index (χ1) is 18.9. The quantitative estimate of drug-likeness (QED) is 0.107. The summed E-state index contributed by atoms with van der Waals surface area (Å²) >= 11 is 0. The third-order valence-corrected chi connectivity index (χ3v) is 7.19. The molecule has 0 radical (unpaired) electrons. The fraction of sp³-hybridized carbons (Fsp3) is 0.714. The Bertz CT molecular complexity index is 1000. The number of halogens is 1. The third kappa shape index (κ3) is 8.85. The number of aromatic nitrogens is 2. The second-order valence-electron chi connectivity index (χ2n) is 9.99. The number of nitrogens with two attached hydrogens (primary N) is 1. The second-order valence-corrected chi connectivity index (χ2v) is 9.99. The number of nitrogens with zero attached hydrogens (tertiary/aromatic N) is 3. The predicted molar refractivity (Wildman–Crippen MR) is 144 cm³/mol. The van der Waals surface area contributed by atoms with Crippen LogP contribution in [0.4, 0.5) is 20.7 Å². The van der Waals surface area contributed by atoms with Gasteiger partial charge in [-0.25, -0.2) is 9.78 Å². The first-order valence-electron chi connectivity index (χ1n) is 13.8. The van der Waals surface area contributed by atoms with E-state index >= 15 is 0 Å². The first-order valence-corrected chi connectivity index (χ1v) is 13.8. The number of hydrogen-bond donors (Lipinski definition) is 1. The molecule has 2 aliphatic heterocycles. The van der Waals surface area contributed by atoms with E-state index in [1.165, 1.54) is 32.1 Å². The maximum Gasteiger partial charge on any atom is 0.510 e. The highest BCUT2D eigenvalue weighted by molar-refractivity contribution is 5.73. The average molecular weight is 549 g/mol. The summed E-state index contributed by atoms with van der Waals surface area (Å²) in [4.78, 5) is 23.7. The Morgan fingerprint density at radius 3 is 2.67 bits per heavy atom. The van der Waals surface area contributed by atoms with Crippen molar-refractivity contribution in [2.45, 2.75) is 95.4 Å². The Kier molecular flexibility index (Phi) is 12.4. The van der Waals surface area contributed by atoms with E-state index in [4.69, 9.17) is 35.8 Å². The Balaban J connectivity index is 1.40. The zero-order valence-corrected chi connectivity index (χ0v) is 23.0. The van der Waals surface area contributed by atoms with Gasteiger partial charge < -0.3 is 29.4 Å². The summed E-state index contributed by atoms with van der Waals surface area (Å²) in [5.74, 6) is 2.53. The smallest absolute Gasteiger partial charge is 0.434 e. The van der Waals surface area contributed by atoms with E-state index in [1.54, 1.807) is 13.3 Å². The van der Waals surface area contributed by atoms with E-state index in [2.05, 4.69) is 27.8 Å². The summed E-state index contributed by atoms with van der Waals surface area (Å²) in [7, 11) is 1.55. The third-order valence-electron chi connectivity index (χ3n) is 7.19. The van der Waals surface area contributed by atoms with Crippen LogP contribution in [0.15, 0.2) is 4.99 Å². The summed E-state index contributed by atoms with van der Waals surface area (Å²) in [6.07, 6.45) is 15.9. The lowest BCUT2D eigenvalue weighted by atomic mass is 9.92. The lowest BCUT2D eigenvalue weighted by Crippen LogP contribution is -2.44. The molecule has 0 bridgehead atoms. The van der Waals surface area contributed by atoms with Crippen molar-refractivity contribution >= 4 is 23.9 Å². The van der Waals surface area contributed by atoms with Crippen LogP contribution in [0.1, 0.15) is 76.8 Å². The van der Waals surface area contributed by atoms with Gasteiger partial charge in [-0.1, -0.05) is 57.8 Å². The molecule has 2 aliphatic rings. The highest BCUT2D eigenvalue weighted by Gasteiger charge is 2.50. The molecular formula is C28H41FN4O6. The number of nitrogen functional groups attached to an aromatic ring is 1. The standard InChI is InChI=1S/C28H41FN4O6/c1-4-6-7-8-9-10-11-12-15-37-27(34)38-19-36-18-28(5-2)23(35-3)16-22(39-28)20-13-14-21-24(31-17-20)25(30)33-26(29)32-21/h2,17,20,22-23H,4,6-16,18-19H2,1,3H3,(H2,30,32,33)/t20?,22-,23+,28-/m1/s1. The van der Waals surface area contributed by atoms with Crippen molar-refractivity contribution in [2.75, 3.05) is 32.9 Å². The number of methoxy groups -OCH3 is 1. The summed E-state index contributed by atoms with van der Waals surface area (Å²) in [5.41, 5.74) is 5.48. The zero-order valence-electron chi connectivity index (χ0n) is 23.0. The molecule has 0 spiro atoms. The maximum atomic E-state index is 13.6. The van der Waals surface area contributed by atoms with Crippen molar-refractivity contribution in [3.05, 3.63) is 11.8 Å². The Labute approximate surface area is 230 Å². The van der Waals surface area contributed by atoms with Crippen LogP contribution in [0.3, 0.4) is 0 Å². The van der Waals surface area contributed by atoms with Crippen LogP contribution < -0.4 is 5.73 Å². The minimum Gasteiger partial charge on any atom is -0.434 e. The Morgan fingerprint density at radius 1 is 1.21 bits per heavy atom. The van der Waals surface area contributed by atoms with E-state index in [1.807, 2.05) is 0 Å². The van der Waals surface area contributed by atoms with Crippen molar-refractivity contribution in [1.82, 2.24) is 9.97 Å². The molecule has 4 atom stereocenters. The molecule has 1 fully saturated rings. The summed E-state index contributed by atoms with van der Waals surface area (Å²) < 4.78 is 41.2. The molecule has 1 aromatic rings. The molecule has 2 N–H and O–H groups in total. The number of terminal acetylenes is 1. The number of fused-ring (bicyclic) bond motifs is 1. The van der Waals surface area contributed by atoms with Gasteiger partial charge in [0.15, 0.2) is 18.2 Å². The van der Waals surface area contributed by atoms with Crippen LogP contribution >= 0.6 is 0 Å². The number of carbonyl (C=O) groups is 1. The first kappa shape index (κ1) is 30.7. The van der Waals surface area contributed by atoms with Crippen molar-refractivity contribution in [2.24, 2.45) is 10.9 Å². The van der Waals surface area contributed by atoms with Gasteiger partial charge in [-0.2, -0.15) is 9.37 Å². The summed E-state index contributed by atoms with van der Waals surface area (Å²) in [5, 5.41) is 0. The molecule has 1 unspecified atom stereocenters.